The monoisotopic (exact) mass is 373 g/mol. The van der Waals surface area contributed by atoms with Crippen LogP contribution in [0.25, 0.3) is 16.9 Å². The molecule has 3 rings (SSSR count). The fraction of sp³-hybridized carbons (Fsp3) is 0.263. The zero-order valence-electron chi connectivity index (χ0n) is 14.4. The highest BCUT2D eigenvalue weighted by molar-refractivity contribution is 6.32. The number of aliphatic hydroxyl groups excluding tert-OH is 1. The van der Waals surface area contributed by atoms with Crippen molar-refractivity contribution < 1.29 is 14.6 Å². The highest BCUT2D eigenvalue weighted by Crippen LogP contribution is 2.33. The summed E-state index contributed by atoms with van der Waals surface area (Å²) >= 11 is 6.23. The highest BCUT2D eigenvalue weighted by Gasteiger charge is 2.14. The van der Waals surface area contributed by atoms with Crippen molar-refractivity contribution in [2.75, 3.05) is 13.7 Å². The van der Waals surface area contributed by atoms with Gasteiger partial charge in [0, 0.05) is 30.8 Å². The number of nitrogens with zero attached hydrogens (tertiary/aromatic N) is 2. The Morgan fingerprint density at radius 3 is 2.88 bits per heavy atom. The molecule has 0 bridgehead atoms. The van der Waals surface area contributed by atoms with Crippen molar-refractivity contribution in [2.24, 2.45) is 5.73 Å². The van der Waals surface area contributed by atoms with E-state index in [0.717, 1.165) is 11.1 Å². The van der Waals surface area contributed by atoms with E-state index < -0.39 is 0 Å². The van der Waals surface area contributed by atoms with E-state index in [1.807, 2.05) is 28.9 Å². The zero-order chi connectivity index (χ0) is 18.7. The molecule has 2 heterocycles. The smallest absolute Gasteiger partial charge is 0.138 e. The summed E-state index contributed by atoms with van der Waals surface area (Å²) in [5.74, 6) is 0.608. The molecule has 6 nitrogen and oxygen atoms in total. The van der Waals surface area contributed by atoms with Crippen LogP contribution in [0.3, 0.4) is 0 Å². The van der Waals surface area contributed by atoms with E-state index >= 15 is 0 Å². The number of rotatable bonds is 7. The molecule has 1 aromatic carbocycles. The number of aromatic nitrogens is 2. The molecule has 7 heteroatoms. The molecule has 3 N–H and O–H groups in total. The van der Waals surface area contributed by atoms with Crippen molar-refractivity contribution >= 4 is 23.0 Å². The number of pyridine rings is 1. The number of ketones is 1. The Balaban J connectivity index is 1.99. The predicted octanol–water partition coefficient (Wildman–Crippen LogP) is 2.62. The zero-order valence-corrected chi connectivity index (χ0v) is 15.2. The lowest BCUT2D eigenvalue weighted by Crippen LogP contribution is -2.10. The number of nitrogens with two attached hydrogens (primary N) is 1. The maximum atomic E-state index is 11.8. The number of Topliss-reactive ketones (excluding diaryl/α,β-unsaturated/α-hetero) is 1. The minimum Gasteiger partial charge on any atom is -0.495 e. The highest BCUT2D eigenvalue weighted by atomic mass is 35.5. The molecule has 0 atom stereocenters. The van der Waals surface area contributed by atoms with Crippen LogP contribution in [-0.2, 0) is 17.8 Å². The van der Waals surface area contributed by atoms with Crippen LogP contribution >= 0.6 is 11.6 Å². The molecule has 0 fully saturated rings. The lowest BCUT2D eigenvalue weighted by atomic mass is 10.1. The summed E-state index contributed by atoms with van der Waals surface area (Å²) < 4.78 is 7.07. The van der Waals surface area contributed by atoms with E-state index in [0.29, 0.717) is 47.1 Å². The maximum Gasteiger partial charge on any atom is 0.138 e. The van der Waals surface area contributed by atoms with Crippen molar-refractivity contribution in [1.29, 1.82) is 0 Å². The van der Waals surface area contributed by atoms with E-state index in [4.69, 9.17) is 22.1 Å². The molecule has 0 aliphatic carbocycles. The van der Waals surface area contributed by atoms with E-state index in [2.05, 4.69) is 4.98 Å². The summed E-state index contributed by atoms with van der Waals surface area (Å²) in [7, 11) is 1.53. The minimum absolute atomic E-state index is 0.105. The molecule has 0 spiro atoms. The Morgan fingerprint density at radius 2 is 2.19 bits per heavy atom. The van der Waals surface area contributed by atoms with Gasteiger partial charge in [0.2, 0.25) is 0 Å². The topological polar surface area (TPSA) is 89.9 Å². The Bertz CT molecular complexity index is 953. The number of carbonyl (C=O) groups excluding carboxylic acids is 1. The van der Waals surface area contributed by atoms with Gasteiger partial charge in [-0.3, -0.25) is 4.79 Å². The normalized spacial score (nSPS) is 11.1. The summed E-state index contributed by atoms with van der Waals surface area (Å²) in [6, 6.07) is 7.21. The number of aliphatic hydroxyl groups is 1. The number of ether oxygens (including phenoxy) is 1. The average molecular weight is 374 g/mol. The standard InChI is InChI=1S/C19H20ClN3O3/c1-26-18-8-13(11-24)15(9-16(18)20)17-10-23-5-3-12(7-19(23)22-17)6-14(25)2-4-21/h3,5,7-10,24H,2,4,6,11,21H2,1H3. The van der Waals surface area contributed by atoms with Gasteiger partial charge in [0.1, 0.15) is 17.2 Å². The Morgan fingerprint density at radius 1 is 1.38 bits per heavy atom. The van der Waals surface area contributed by atoms with E-state index in [9.17, 15) is 9.90 Å². The van der Waals surface area contributed by atoms with Gasteiger partial charge in [0.25, 0.3) is 0 Å². The Kier molecular flexibility index (Phi) is 5.56. The van der Waals surface area contributed by atoms with E-state index in [1.165, 1.54) is 7.11 Å². The van der Waals surface area contributed by atoms with Crippen LogP contribution in [0.4, 0.5) is 0 Å². The quantitative estimate of drug-likeness (QED) is 0.664. The predicted molar refractivity (Wildman–Crippen MR) is 100 cm³/mol. The molecule has 0 unspecified atom stereocenters. The second-order valence-electron chi connectivity index (χ2n) is 5.98. The second-order valence-corrected chi connectivity index (χ2v) is 6.39. The first-order chi connectivity index (χ1) is 12.5. The minimum atomic E-state index is -0.157. The van der Waals surface area contributed by atoms with Crippen LogP contribution in [0.1, 0.15) is 17.5 Å². The third-order valence-corrected chi connectivity index (χ3v) is 4.47. The fourth-order valence-corrected chi connectivity index (χ4v) is 3.10. The SMILES string of the molecule is COc1cc(CO)c(-c2cn3ccc(CC(=O)CCN)cc3n2)cc1Cl. The summed E-state index contributed by atoms with van der Waals surface area (Å²) in [5, 5.41) is 10.1. The summed E-state index contributed by atoms with van der Waals surface area (Å²) in [6.07, 6.45) is 4.43. The molecule has 0 aliphatic heterocycles. The van der Waals surface area contributed by atoms with E-state index in [-0.39, 0.29) is 12.4 Å². The molecule has 3 aromatic rings. The Labute approximate surface area is 156 Å². The van der Waals surface area contributed by atoms with Crippen molar-refractivity contribution in [1.82, 2.24) is 9.38 Å². The molecular formula is C19H20ClN3O3. The molecular weight excluding hydrogens is 354 g/mol. The molecule has 0 aliphatic rings. The number of hydrogen-bond acceptors (Lipinski definition) is 5. The first kappa shape index (κ1) is 18.4. The number of carbonyl (C=O) groups is 1. The molecule has 136 valence electrons. The van der Waals surface area contributed by atoms with Gasteiger partial charge >= 0.3 is 0 Å². The third kappa shape index (κ3) is 3.72. The van der Waals surface area contributed by atoms with Crippen molar-refractivity contribution in [2.45, 2.75) is 19.4 Å². The fourth-order valence-electron chi connectivity index (χ4n) is 2.86. The molecule has 26 heavy (non-hydrogen) atoms. The van der Waals surface area contributed by atoms with Crippen LogP contribution in [0, 0.1) is 0 Å². The van der Waals surface area contributed by atoms with Crippen LogP contribution in [0.5, 0.6) is 5.75 Å². The maximum absolute atomic E-state index is 11.8. The van der Waals surface area contributed by atoms with Crippen molar-refractivity contribution in [3.8, 4) is 17.0 Å². The number of halogens is 1. The molecule has 0 saturated heterocycles. The van der Waals surface area contributed by atoms with Gasteiger partial charge in [-0.05, 0) is 41.9 Å². The molecule has 0 amide bonds. The average Bonchev–Trinajstić information content (AvgIpc) is 3.04. The third-order valence-electron chi connectivity index (χ3n) is 4.17. The van der Waals surface area contributed by atoms with Gasteiger partial charge < -0.3 is 20.0 Å². The summed E-state index contributed by atoms with van der Waals surface area (Å²) in [4.78, 5) is 16.4. The lowest BCUT2D eigenvalue weighted by Gasteiger charge is -2.09. The van der Waals surface area contributed by atoms with Gasteiger partial charge in [0.15, 0.2) is 0 Å². The van der Waals surface area contributed by atoms with Gasteiger partial charge in [0.05, 0.1) is 24.4 Å². The van der Waals surface area contributed by atoms with Crippen molar-refractivity contribution in [3.63, 3.8) is 0 Å². The van der Waals surface area contributed by atoms with Gasteiger partial charge in [-0.25, -0.2) is 4.98 Å². The van der Waals surface area contributed by atoms with Crippen LogP contribution in [0.15, 0.2) is 36.7 Å². The van der Waals surface area contributed by atoms with Crippen LogP contribution in [-0.4, -0.2) is 33.9 Å². The number of methoxy groups -OCH3 is 1. The van der Waals surface area contributed by atoms with Gasteiger partial charge in [-0.1, -0.05) is 11.6 Å². The molecule has 0 saturated carbocycles. The summed E-state index contributed by atoms with van der Waals surface area (Å²) in [6.45, 7) is 0.201. The molecule has 2 aromatic heterocycles. The second kappa shape index (κ2) is 7.86. The lowest BCUT2D eigenvalue weighted by molar-refractivity contribution is -0.118. The Hall–Kier alpha value is -2.41. The number of hydrogen-bond donors (Lipinski definition) is 2. The number of fused-ring (bicyclic) bond motifs is 1. The first-order valence-corrected chi connectivity index (χ1v) is 8.60. The van der Waals surface area contributed by atoms with Crippen LogP contribution in [0.2, 0.25) is 5.02 Å². The van der Waals surface area contributed by atoms with Crippen LogP contribution < -0.4 is 10.5 Å². The molecule has 0 radical (unpaired) electrons. The number of imidazole rings is 1. The number of benzene rings is 1. The largest absolute Gasteiger partial charge is 0.495 e. The summed E-state index contributed by atoms with van der Waals surface area (Å²) in [5.41, 5.74) is 9.13. The van der Waals surface area contributed by atoms with Gasteiger partial charge in [-0.2, -0.15) is 0 Å². The van der Waals surface area contributed by atoms with Gasteiger partial charge in [-0.15, -0.1) is 0 Å². The first-order valence-electron chi connectivity index (χ1n) is 8.22. The van der Waals surface area contributed by atoms with Crippen molar-refractivity contribution in [3.05, 3.63) is 52.8 Å². The van der Waals surface area contributed by atoms with E-state index in [1.54, 1.807) is 12.1 Å².